The largest absolute Gasteiger partial charge is 0.497 e. The molecule has 0 aliphatic carbocycles. The lowest BCUT2D eigenvalue weighted by atomic mass is 10.1. The summed E-state index contributed by atoms with van der Waals surface area (Å²) in [5, 5.41) is 0. The summed E-state index contributed by atoms with van der Waals surface area (Å²) >= 11 is 0. The van der Waals surface area contributed by atoms with Gasteiger partial charge in [-0.15, -0.1) is 0 Å². The molecule has 0 saturated heterocycles. The summed E-state index contributed by atoms with van der Waals surface area (Å²) < 4.78 is 15.6. The number of ether oxygens (including phenoxy) is 3. The summed E-state index contributed by atoms with van der Waals surface area (Å²) in [6, 6.07) is 14.8. The summed E-state index contributed by atoms with van der Waals surface area (Å²) in [6.07, 6.45) is 1.32. The van der Waals surface area contributed by atoms with E-state index in [0.717, 1.165) is 22.6 Å². The topological polar surface area (TPSA) is 57.1 Å². The van der Waals surface area contributed by atoms with Gasteiger partial charge in [-0.2, -0.15) is 0 Å². The maximum absolute atomic E-state index is 11.6. The molecule has 0 amide bonds. The van der Waals surface area contributed by atoms with Gasteiger partial charge in [0.05, 0.1) is 26.0 Å². The molecule has 1 aliphatic rings. The van der Waals surface area contributed by atoms with Crippen molar-refractivity contribution < 1.29 is 19.0 Å². The summed E-state index contributed by atoms with van der Waals surface area (Å²) in [4.78, 5) is 16.1. The number of benzene rings is 2. The Balaban J connectivity index is 2.04. The van der Waals surface area contributed by atoms with Gasteiger partial charge < -0.3 is 14.2 Å². The number of para-hydroxylation sites is 1. The van der Waals surface area contributed by atoms with Gasteiger partial charge in [0.2, 0.25) is 5.90 Å². The summed E-state index contributed by atoms with van der Waals surface area (Å²) in [5.74, 6) is 1.09. The standard InChI is InChI=1S/C18H15NO4/c1-21-13-9-7-12(8-10-13)18-19-15-6-4-3-5-14(15)16(23-18)11-17(20)22-2/h3-11H,1-2H3/b16-11-. The number of aliphatic imine (C=N–C) groups is 1. The van der Waals surface area contributed by atoms with Gasteiger partial charge in [-0.3, -0.25) is 0 Å². The average molecular weight is 309 g/mol. The number of hydrogen-bond donors (Lipinski definition) is 0. The van der Waals surface area contributed by atoms with E-state index >= 15 is 0 Å². The van der Waals surface area contributed by atoms with E-state index in [-0.39, 0.29) is 0 Å². The Labute approximate surface area is 133 Å². The fourth-order valence-electron chi connectivity index (χ4n) is 2.20. The van der Waals surface area contributed by atoms with Crippen LogP contribution in [0.4, 0.5) is 5.69 Å². The van der Waals surface area contributed by atoms with Gasteiger partial charge in [-0.25, -0.2) is 9.79 Å². The number of carbonyl (C=O) groups is 1. The van der Waals surface area contributed by atoms with Crippen molar-refractivity contribution in [2.24, 2.45) is 4.99 Å². The van der Waals surface area contributed by atoms with Gasteiger partial charge in [0.1, 0.15) is 11.5 Å². The Morgan fingerprint density at radius 3 is 2.52 bits per heavy atom. The number of fused-ring (bicyclic) bond motifs is 1. The van der Waals surface area contributed by atoms with E-state index in [1.165, 1.54) is 13.2 Å². The third-order valence-electron chi connectivity index (χ3n) is 3.39. The molecule has 23 heavy (non-hydrogen) atoms. The maximum Gasteiger partial charge on any atom is 0.334 e. The van der Waals surface area contributed by atoms with Gasteiger partial charge in [0, 0.05) is 11.1 Å². The molecule has 2 aromatic rings. The Bertz CT molecular complexity index is 791. The van der Waals surface area contributed by atoms with Crippen molar-refractivity contribution in [1.82, 2.24) is 0 Å². The van der Waals surface area contributed by atoms with Crippen molar-refractivity contribution in [3.05, 3.63) is 65.7 Å². The number of esters is 1. The van der Waals surface area contributed by atoms with E-state index in [9.17, 15) is 4.79 Å². The normalized spacial score (nSPS) is 14.5. The number of carbonyl (C=O) groups excluding carboxylic acids is 1. The van der Waals surface area contributed by atoms with Crippen LogP contribution in [0.15, 0.2) is 59.6 Å². The SMILES string of the molecule is COC(=O)/C=C1\OC(c2ccc(OC)cc2)=Nc2ccccc21. The average Bonchev–Trinajstić information content (AvgIpc) is 2.61. The smallest absolute Gasteiger partial charge is 0.334 e. The van der Waals surface area contributed by atoms with Gasteiger partial charge in [0.25, 0.3) is 0 Å². The molecule has 0 radical (unpaired) electrons. The van der Waals surface area contributed by atoms with Crippen molar-refractivity contribution in [3.8, 4) is 5.75 Å². The molecule has 3 rings (SSSR count). The molecule has 1 heterocycles. The van der Waals surface area contributed by atoms with Crippen molar-refractivity contribution >= 4 is 23.3 Å². The second-order valence-electron chi connectivity index (χ2n) is 4.80. The highest BCUT2D eigenvalue weighted by atomic mass is 16.5. The number of methoxy groups -OCH3 is 2. The van der Waals surface area contributed by atoms with Crippen LogP contribution in [0.5, 0.6) is 5.75 Å². The van der Waals surface area contributed by atoms with Crippen LogP contribution in [0.1, 0.15) is 11.1 Å². The Kier molecular flexibility index (Phi) is 4.10. The van der Waals surface area contributed by atoms with E-state index in [1.807, 2.05) is 48.5 Å². The van der Waals surface area contributed by atoms with E-state index in [0.29, 0.717) is 11.7 Å². The Hall–Kier alpha value is -3.08. The van der Waals surface area contributed by atoms with Crippen LogP contribution in [-0.2, 0) is 14.3 Å². The zero-order valence-corrected chi connectivity index (χ0v) is 12.8. The zero-order chi connectivity index (χ0) is 16.2. The van der Waals surface area contributed by atoms with E-state index < -0.39 is 5.97 Å². The van der Waals surface area contributed by atoms with Gasteiger partial charge in [-0.1, -0.05) is 12.1 Å². The van der Waals surface area contributed by atoms with Crippen LogP contribution in [0, 0.1) is 0 Å². The predicted octanol–water partition coefficient (Wildman–Crippen LogP) is 3.32. The highest BCUT2D eigenvalue weighted by molar-refractivity contribution is 6.04. The Morgan fingerprint density at radius 1 is 1.09 bits per heavy atom. The minimum absolute atomic E-state index is 0.410. The van der Waals surface area contributed by atoms with Crippen LogP contribution < -0.4 is 4.74 Å². The summed E-state index contributed by atoms with van der Waals surface area (Å²) in [7, 11) is 2.93. The molecular formula is C18H15NO4. The molecule has 2 aromatic carbocycles. The van der Waals surface area contributed by atoms with Gasteiger partial charge in [0.15, 0.2) is 0 Å². The van der Waals surface area contributed by atoms with E-state index in [2.05, 4.69) is 9.73 Å². The van der Waals surface area contributed by atoms with Crippen LogP contribution in [0.25, 0.3) is 5.76 Å². The first-order chi connectivity index (χ1) is 11.2. The molecular weight excluding hydrogens is 294 g/mol. The van der Waals surface area contributed by atoms with Crippen LogP contribution >= 0.6 is 0 Å². The number of nitrogens with zero attached hydrogens (tertiary/aromatic N) is 1. The lowest BCUT2D eigenvalue weighted by molar-refractivity contribution is -0.134. The highest BCUT2D eigenvalue weighted by Gasteiger charge is 2.20. The highest BCUT2D eigenvalue weighted by Crippen LogP contribution is 2.33. The molecule has 0 spiro atoms. The molecule has 0 atom stereocenters. The molecule has 0 aromatic heterocycles. The molecule has 0 saturated carbocycles. The molecule has 5 nitrogen and oxygen atoms in total. The molecule has 0 bridgehead atoms. The predicted molar refractivity (Wildman–Crippen MR) is 86.7 cm³/mol. The monoisotopic (exact) mass is 309 g/mol. The van der Waals surface area contributed by atoms with Gasteiger partial charge >= 0.3 is 5.97 Å². The second-order valence-corrected chi connectivity index (χ2v) is 4.80. The third kappa shape index (κ3) is 3.08. The Morgan fingerprint density at radius 2 is 1.83 bits per heavy atom. The lowest BCUT2D eigenvalue weighted by Gasteiger charge is -2.19. The minimum atomic E-state index is -0.481. The van der Waals surface area contributed by atoms with Crippen molar-refractivity contribution in [2.45, 2.75) is 0 Å². The fraction of sp³-hybridized carbons (Fsp3) is 0.111. The first kappa shape index (κ1) is 14.8. The molecule has 5 heteroatoms. The van der Waals surface area contributed by atoms with Crippen molar-refractivity contribution in [2.75, 3.05) is 14.2 Å². The summed E-state index contributed by atoms with van der Waals surface area (Å²) in [6.45, 7) is 0. The lowest BCUT2D eigenvalue weighted by Crippen LogP contribution is -2.12. The van der Waals surface area contributed by atoms with Crippen molar-refractivity contribution in [3.63, 3.8) is 0 Å². The number of rotatable bonds is 3. The quantitative estimate of drug-likeness (QED) is 0.644. The first-order valence-corrected chi connectivity index (χ1v) is 7.01. The molecule has 0 fully saturated rings. The van der Waals surface area contributed by atoms with Crippen molar-refractivity contribution in [1.29, 1.82) is 0 Å². The second kappa shape index (κ2) is 6.36. The van der Waals surface area contributed by atoms with Gasteiger partial charge in [-0.05, 0) is 36.4 Å². The van der Waals surface area contributed by atoms with E-state index in [1.54, 1.807) is 7.11 Å². The summed E-state index contributed by atoms with van der Waals surface area (Å²) in [5.41, 5.74) is 2.27. The van der Waals surface area contributed by atoms with Crippen LogP contribution in [0.2, 0.25) is 0 Å². The molecule has 0 N–H and O–H groups in total. The van der Waals surface area contributed by atoms with Crippen LogP contribution in [-0.4, -0.2) is 26.1 Å². The molecule has 0 unspecified atom stereocenters. The van der Waals surface area contributed by atoms with Crippen LogP contribution in [0.3, 0.4) is 0 Å². The fourth-order valence-corrected chi connectivity index (χ4v) is 2.20. The molecule has 116 valence electrons. The molecule has 1 aliphatic heterocycles. The number of hydrogen-bond acceptors (Lipinski definition) is 5. The van der Waals surface area contributed by atoms with E-state index in [4.69, 9.17) is 9.47 Å². The third-order valence-corrected chi connectivity index (χ3v) is 3.39. The first-order valence-electron chi connectivity index (χ1n) is 7.01. The zero-order valence-electron chi connectivity index (χ0n) is 12.8. The maximum atomic E-state index is 11.6. The minimum Gasteiger partial charge on any atom is -0.497 e.